The second-order valence-electron chi connectivity index (χ2n) is 5.26. The summed E-state index contributed by atoms with van der Waals surface area (Å²) in [5, 5.41) is 9.81. The molecule has 0 aromatic carbocycles. The normalized spacial score (nSPS) is 42.9. The summed E-state index contributed by atoms with van der Waals surface area (Å²) >= 11 is 0. The Morgan fingerprint density at radius 1 is 1.43 bits per heavy atom. The van der Waals surface area contributed by atoms with Crippen LogP contribution in [0.2, 0.25) is 0 Å². The molecule has 2 rings (SSSR count). The molecular weight excluding hydrogens is 178 g/mol. The summed E-state index contributed by atoms with van der Waals surface area (Å²) < 4.78 is 0. The monoisotopic (exact) mass is 199 g/mol. The molecule has 0 spiro atoms. The van der Waals surface area contributed by atoms with Gasteiger partial charge in [0.1, 0.15) is 0 Å². The van der Waals surface area contributed by atoms with E-state index >= 15 is 0 Å². The maximum Gasteiger partial charge on any atom is 0.204 e. The summed E-state index contributed by atoms with van der Waals surface area (Å²) in [5.41, 5.74) is 4.77. The highest BCUT2D eigenvalue weighted by molar-refractivity contribution is 5.42. The fraction of sp³-hybridized carbons (Fsp3) is 0.909. The molecule has 3 N–H and O–H groups in total. The van der Waals surface area contributed by atoms with Crippen LogP contribution in [0.15, 0.2) is 0 Å². The van der Waals surface area contributed by atoms with Crippen molar-refractivity contribution in [2.45, 2.75) is 46.1 Å². The van der Waals surface area contributed by atoms with E-state index < -0.39 is 0 Å². The molecule has 3 atom stereocenters. The molecule has 0 aromatic rings. The van der Waals surface area contributed by atoms with E-state index in [9.17, 15) is 5.11 Å². The molecule has 2 aliphatic carbocycles. The van der Waals surface area contributed by atoms with Crippen molar-refractivity contribution in [2.75, 3.05) is 0 Å². The van der Waals surface area contributed by atoms with Crippen LogP contribution in [0.3, 0.4) is 0 Å². The molecule has 0 radical (unpaired) electrons. The Morgan fingerprint density at radius 3 is 2.07 bits per heavy atom. The van der Waals surface area contributed by atoms with Crippen LogP contribution in [-0.4, -0.2) is 17.6 Å². The molecule has 3 nitrogen and oxygen atoms in total. The molecule has 0 saturated heterocycles. The summed E-state index contributed by atoms with van der Waals surface area (Å²) in [6, 6.07) is 0. The molecule has 0 aromatic heterocycles. The minimum absolute atomic E-state index is 0.0313. The summed E-state index contributed by atoms with van der Waals surface area (Å²) in [7, 11) is 0. The minimum Gasteiger partial charge on any atom is -0.393 e. The van der Waals surface area contributed by atoms with Crippen LogP contribution in [0.1, 0.15) is 40.0 Å². The first-order valence-electron chi connectivity index (χ1n) is 5.23. The van der Waals surface area contributed by atoms with Crippen LogP contribution in [0.5, 0.6) is 0 Å². The second kappa shape index (κ2) is 3.54. The van der Waals surface area contributed by atoms with Crippen molar-refractivity contribution in [3.05, 3.63) is 0 Å². The van der Waals surface area contributed by atoms with Crippen LogP contribution >= 0.6 is 0 Å². The van der Waals surface area contributed by atoms with Gasteiger partial charge in [-0.3, -0.25) is 4.79 Å². The SMILES string of the molecule is CC1(C)[C@@H]2CC[C@]1(C)[C@H](O)C2.NC=O. The largest absolute Gasteiger partial charge is 0.393 e. The zero-order chi connectivity index (χ0) is 11.0. The van der Waals surface area contributed by atoms with E-state index in [0.717, 1.165) is 12.3 Å². The third-order valence-electron chi connectivity index (χ3n) is 4.75. The Hall–Kier alpha value is -0.570. The average Bonchev–Trinajstić information content (AvgIpc) is 2.38. The van der Waals surface area contributed by atoms with Gasteiger partial charge in [-0.2, -0.15) is 0 Å². The Kier molecular flexibility index (Phi) is 2.91. The molecule has 3 heteroatoms. The predicted octanol–water partition coefficient (Wildman–Crippen LogP) is 1.29. The highest BCUT2D eigenvalue weighted by Gasteiger charge is 2.60. The Labute approximate surface area is 85.7 Å². The van der Waals surface area contributed by atoms with Gasteiger partial charge >= 0.3 is 0 Å². The summed E-state index contributed by atoms with van der Waals surface area (Å²) in [5.74, 6) is 0.780. The van der Waals surface area contributed by atoms with E-state index in [2.05, 4.69) is 26.5 Å². The van der Waals surface area contributed by atoms with Crippen molar-refractivity contribution in [2.24, 2.45) is 22.5 Å². The van der Waals surface area contributed by atoms with Crippen molar-refractivity contribution < 1.29 is 9.90 Å². The fourth-order valence-electron chi connectivity index (χ4n) is 3.16. The Balaban J connectivity index is 0.000000293. The van der Waals surface area contributed by atoms with E-state index in [1.807, 2.05) is 0 Å². The number of hydrogen-bond acceptors (Lipinski definition) is 2. The molecule has 2 fully saturated rings. The number of carbonyl (C=O) groups excluding carboxylic acids is 1. The maximum absolute atomic E-state index is 9.81. The van der Waals surface area contributed by atoms with Gasteiger partial charge in [0.2, 0.25) is 6.41 Å². The lowest BCUT2D eigenvalue weighted by molar-refractivity contribution is -0.106. The van der Waals surface area contributed by atoms with Crippen LogP contribution in [0, 0.1) is 16.7 Å². The molecule has 2 saturated carbocycles. The number of aliphatic hydroxyl groups excluding tert-OH is 1. The van der Waals surface area contributed by atoms with E-state index in [-0.39, 0.29) is 17.9 Å². The highest BCUT2D eigenvalue weighted by atomic mass is 16.3. The van der Waals surface area contributed by atoms with Crippen molar-refractivity contribution in [3.8, 4) is 0 Å². The standard InChI is InChI=1S/C10H18O.CH3NO/c1-9(2)7-4-5-10(9,3)8(11)6-7;2-1-3/h7-8,11H,4-6H2,1-3H3;1H,(H2,2,3)/t7-,8-,10-;/m1./s1. The number of carbonyl (C=O) groups is 1. The van der Waals surface area contributed by atoms with Gasteiger partial charge in [-0.05, 0) is 36.0 Å². The lowest BCUT2D eigenvalue weighted by atomic mass is 9.70. The fourth-order valence-corrected chi connectivity index (χ4v) is 3.16. The van der Waals surface area contributed by atoms with E-state index in [1.54, 1.807) is 0 Å². The maximum atomic E-state index is 9.81. The summed E-state index contributed by atoms with van der Waals surface area (Å²) in [4.78, 5) is 8.58. The third-order valence-corrected chi connectivity index (χ3v) is 4.75. The Bertz CT molecular complexity index is 227. The van der Waals surface area contributed by atoms with E-state index in [1.165, 1.54) is 12.8 Å². The van der Waals surface area contributed by atoms with Gasteiger partial charge < -0.3 is 10.8 Å². The third kappa shape index (κ3) is 1.34. The second-order valence-corrected chi connectivity index (χ2v) is 5.26. The van der Waals surface area contributed by atoms with Crippen LogP contribution < -0.4 is 5.73 Å². The first-order chi connectivity index (χ1) is 6.40. The first kappa shape index (κ1) is 11.5. The lowest BCUT2D eigenvalue weighted by Crippen LogP contribution is -2.35. The zero-order valence-electron chi connectivity index (χ0n) is 9.29. The average molecular weight is 199 g/mol. The van der Waals surface area contributed by atoms with Crippen molar-refractivity contribution >= 4 is 6.41 Å². The summed E-state index contributed by atoms with van der Waals surface area (Å²) in [6.45, 7) is 6.90. The van der Waals surface area contributed by atoms with Gasteiger partial charge in [-0.25, -0.2) is 0 Å². The molecule has 1 amide bonds. The van der Waals surface area contributed by atoms with Crippen LogP contribution in [-0.2, 0) is 4.79 Å². The number of rotatable bonds is 0. The van der Waals surface area contributed by atoms with Gasteiger partial charge in [0.05, 0.1) is 6.10 Å². The molecule has 0 heterocycles. The number of primary amides is 1. The van der Waals surface area contributed by atoms with Gasteiger partial charge in [-0.15, -0.1) is 0 Å². The lowest BCUT2D eigenvalue weighted by Gasteiger charge is -2.36. The number of nitrogens with two attached hydrogens (primary N) is 1. The number of fused-ring (bicyclic) bond motifs is 2. The van der Waals surface area contributed by atoms with E-state index in [4.69, 9.17) is 4.79 Å². The van der Waals surface area contributed by atoms with E-state index in [0.29, 0.717) is 5.41 Å². The van der Waals surface area contributed by atoms with Crippen molar-refractivity contribution in [1.82, 2.24) is 0 Å². The molecule has 0 unspecified atom stereocenters. The molecule has 0 aliphatic heterocycles. The highest BCUT2D eigenvalue weighted by Crippen LogP contribution is 2.65. The molecule has 2 bridgehead atoms. The van der Waals surface area contributed by atoms with Crippen LogP contribution in [0.4, 0.5) is 0 Å². The van der Waals surface area contributed by atoms with Gasteiger partial charge in [0.25, 0.3) is 0 Å². The zero-order valence-corrected chi connectivity index (χ0v) is 9.29. The molecule has 14 heavy (non-hydrogen) atoms. The minimum atomic E-state index is -0.0313. The number of amides is 1. The molecular formula is C11H21NO2. The molecule has 82 valence electrons. The quantitative estimate of drug-likeness (QED) is 0.577. The number of hydrogen-bond donors (Lipinski definition) is 2. The van der Waals surface area contributed by atoms with Gasteiger partial charge in [0, 0.05) is 0 Å². The van der Waals surface area contributed by atoms with Crippen molar-refractivity contribution in [1.29, 1.82) is 0 Å². The predicted molar refractivity (Wildman–Crippen MR) is 55.5 cm³/mol. The topological polar surface area (TPSA) is 63.3 Å². The van der Waals surface area contributed by atoms with Crippen molar-refractivity contribution in [3.63, 3.8) is 0 Å². The first-order valence-corrected chi connectivity index (χ1v) is 5.23. The number of aliphatic hydroxyl groups is 1. The van der Waals surface area contributed by atoms with Crippen LogP contribution in [0.25, 0.3) is 0 Å². The summed E-state index contributed by atoms with van der Waals surface area (Å²) in [6.07, 6.45) is 3.83. The Morgan fingerprint density at radius 2 is 1.93 bits per heavy atom. The van der Waals surface area contributed by atoms with Gasteiger partial charge in [-0.1, -0.05) is 20.8 Å². The van der Waals surface area contributed by atoms with Gasteiger partial charge in [0.15, 0.2) is 0 Å². The smallest absolute Gasteiger partial charge is 0.204 e. The molecule has 2 aliphatic rings.